The molecule has 1 saturated heterocycles. The summed E-state index contributed by atoms with van der Waals surface area (Å²) in [5, 5.41) is 0. The lowest BCUT2D eigenvalue weighted by atomic mass is 9.64. The normalized spacial score (nSPS) is 21.8. The van der Waals surface area contributed by atoms with Crippen LogP contribution in [0.2, 0.25) is 0 Å². The average Bonchev–Trinajstić information content (AvgIpc) is 2.91. The fraction of sp³-hybridized carbons (Fsp3) is 0.281. The van der Waals surface area contributed by atoms with Crippen LogP contribution in [0.15, 0.2) is 104 Å². The number of carbonyl (C=O) groups excluding carboxylic acids is 1. The summed E-state index contributed by atoms with van der Waals surface area (Å²) in [7, 11) is 0. The Morgan fingerprint density at radius 1 is 1.06 bits per heavy atom. The zero-order valence-corrected chi connectivity index (χ0v) is 20.8. The first kappa shape index (κ1) is 24.5. The summed E-state index contributed by atoms with van der Waals surface area (Å²) in [4.78, 5) is 15.5. The van der Waals surface area contributed by atoms with Crippen LogP contribution in [-0.4, -0.2) is 23.4 Å². The lowest BCUT2D eigenvalue weighted by molar-refractivity contribution is -0.131. The molecule has 0 aromatic heterocycles. The zero-order valence-electron chi connectivity index (χ0n) is 20.8. The second-order valence-corrected chi connectivity index (χ2v) is 9.69. The largest absolute Gasteiger partial charge is 0.489 e. The van der Waals surface area contributed by atoms with E-state index in [1.807, 2.05) is 65.6 Å². The van der Waals surface area contributed by atoms with Gasteiger partial charge in [-0.1, -0.05) is 99.3 Å². The van der Waals surface area contributed by atoms with Crippen LogP contribution in [0.1, 0.15) is 43.4 Å². The van der Waals surface area contributed by atoms with E-state index >= 15 is 0 Å². The Morgan fingerprint density at radius 3 is 2.43 bits per heavy atom. The van der Waals surface area contributed by atoms with Crippen LogP contribution in [0.25, 0.3) is 5.57 Å². The standard InChI is InChI=1S/C32H35NO2/c1-5-13-30-25(3)32(4,20-21-33(30)31(34)24(2)27-16-10-7-11-17-27)28-18-12-19-29(22-28)35-23-26-14-8-6-9-15-26/h5-12,14-19,22,25,30H,1-2,13,20-21,23H2,3-4H3/t25-,30?,32+/m0/s1. The van der Waals surface area contributed by atoms with E-state index in [1.165, 1.54) is 5.56 Å². The lowest BCUT2D eigenvalue weighted by Gasteiger charge is -2.50. The maximum absolute atomic E-state index is 13.5. The first-order valence-corrected chi connectivity index (χ1v) is 12.4. The van der Waals surface area contributed by atoms with Gasteiger partial charge in [0.2, 0.25) is 0 Å². The SMILES string of the molecule is C=CCC1[C@H](C)[C@](C)(c2cccc(OCc3ccccc3)c2)CCN1C(=O)C(=C)c1ccccc1. The molecule has 3 nitrogen and oxygen atoms in total. The van der Waals surface area contributed by atoms with E-state index in [0.717, 1.165) is 29.7 Å². The molecule has 3 heteroatoms. The van der Waals surface area contributed by atoms with Crippen molar-refractivity contribution < 1.29 is 9.53 Å². The number of rotatable bonds is 8. The Kier molecular flexibility index (Phi) is 7.55. The van der Waals surface area contributed by atoms with Gasteiger partial charge >= 0.3 is 0 Å². The fourth-order valence-corrected chi connectivity index (χ4v) is 5.22. The summed E-state index contributed by atoms with van der Waals surface area (Å²) < 4.78 is 6.13. The molecular weight excluding hydrogens is 430 g/mol. The molecule has 180 valence electrons. The molecule has 0 spiro atoms. The summed E-state index contributed by atoms with van der Waals surface area (Å²) in [6.45, 7) is 13.9. The van der Waals surface area contributed by atoms with Crippen molar-refractivity contribution in [1.82, 2.24) is 4.90 Å². The van der Waals surface area contributed by atoms with Crippen LogP contribution in [-0.2, 0) is 16.8 Å². The molecule has 1 aliphatic heterocycles. The summed E-state index contributed by atoms with van der Waals surface area (Å²) in [5.41, 5.74) is 3.73. The minimum absolute atomic E-state index is 0.0110. The molecule has 1 amide bonds. The Labute approximate surface area is 209 Å². The fourth-order valence-electron chi connectivity index (χ4n) is 5.22. The zero-order chi connectivity index (χ0) is 24.8. The Bertz CT molecular complexity index is 1170. The minimum atomic E-state index is -0.0926. The van der Waals surface area contributed by atoms with Crippen molar-refractivity contribution in [2.24, 2.45) is 5.92 Å². The maximum atomic E-state index is 13.5. The third-order valence-electron chi connectivity index (χ3n) is 7.65. The van der Waals surface area contributed by atoms with Crippen molar-refractivity contribution >= 4 is 11.5 Å². The molecule has 1 fully saturated rings. The van der Waals surface area contributed by atoms with Gasteiger partial charge in [-0.15, -0.1) is 6.58 Å². The van der Waals surface area contributed by atoms with Crippen molar-refractivity contribution in [3.8, 4) is 5.75 Å². The number of hydrogen-bond donors (Lipinski definition) is 0. The Hall–Kier alpha value is -3.59. The molecule has 3 aromatic carbocycles. The van der Waals surface area contributed by atoms with Gasteiger partial charge in [0.05, 0.1) is 0 Å². The van der Waals surface area contributed by atoms with Gasteiger partial charge in [-0.2, -0.15) is 0 Å². The minimum Gasteiger partial charge on any atom is -0.489 e. The van der Waals surface area contributed by atoms with Gasteiger partial charge in [0.15, 0.2) is 0 Å². The summed E-state index contributed by atoms with van der Waals surface area (Å²) >= 11 is 0. The second-order valence-electron chi connectivity index (χ2n) is 9.69. The van der Waals surface area contributed by atoms with Gasteiger partial charge in [0.25, 0.3) is 5.91 Å². The van der Waals surface area contributed by atoms with Gasteiger partial charge in [0, 0.05) is 18.2 Å². The number of piperidine rings is 1. The molecule has 1 aliphatic rings. The summed E-state index contributed by atoms with van der Waals surface area (Å²) in [5.74, 6) is 1.11. The van der Waals surface area contributed by atoms with Crippen molar-refractivity contribution in [2.75, 3.05) is 6.54 Å². The van der Waals surface area contributed by atoms with E-state index in [1.54, 1.807) is 0 Å². The van der Waals surface area contributed by atoms with Gasteiger partial charge in [0.1, 0.15) is 12.4 Å². The number of amides is 1. The van der Waals surface area contributed by atoms with Crippen molar-refractivity contribution in [2.45, 2.75) is 44.8 Å². The van der Waals surface area contributed by atoms with Crippen LogP contribution in [0.5, 0.6) is 5.75 Å². The molecule has 3 atom stereocenters. The van der Waals surface area contributed by atoms with E-state index < -0.39 is 0 Å². The highest BCUT2D eigenvalue weighted by molar-refractivity contribution is 6.18. The maximum Gasteiger partial charge on any atom is 0.254 e. The Balaban J connectivity index is 1.54. The van der Waals surface area contributed by atoms with E-state index in [4.69, 9.17) is 4.74 Å². The van der Waals surface area contributed by atoms with E-state index in [0.29, 0.717) is 18.7 Å². The highest BCUT2D eigenvalue weighted by Crippen LogP contribution is 2.44. The smallest absolute Gasteiger partial charge is 0.254 e. The first-order valence-electron chi connectivity index (χ1n) is 12.4. The molecule has 0 bridgehead atoms. The number of carbonyl (C=O) groups is 1. The molecule has 1 heterocycles. The van der Waals surface area contributed by atoms with E-state index in [9.17, 15) is 4.79 Å². The highest BCUT2D eigenvalue weighted by atomic mass is 16.5. The average molecular weight is 466 g/mol. The van der Waals surface area contributed by atoms with E-state index in [2.05, 4.69) is 57.3 Å². The monoisotopic (exact) mass is 465 g/mol. The molecule has 0 N–H and O–H groups in total. The van der Waals surface area contributed by atoms with Crippen LogP contribution in [0, 0.1) is 5.92 Å². The predicted molar refractivity (Wildman–Crippen MR) is 144 cm³/mol. The topological polar surface area (TPSA) is 29.5 Å². The van der Waals surface area contributed by atoms with Crippen LogP contribution in [0.3, 0.4) is 0 Å². The first-order chi connectivity index (χ1) is 16.9. The number of nitrogens with zero attached hydrogens (tertiary/aromatic N) is 1. The van der Waals surface area contributed by atoms with Gasteiger partial charge < -0.3 is 9.64 Å². The molecule has 0 aliphatic carbocycles. The third-order valence-corrected chi connectivity index (χ3v) is 7.65. The van der Waals surface area contributed by atoms with Crippen molar-refractivity contribution in [3.05, 3.63) is 121 Å². The molecule has 0 radical (unpaired) electrons. The number of hydrogen-bond acceptors (Lipinski definition) is 2. The molecule has 4 rings (SSSR count). The molecule has 3 aromatic rings. The summed E-state index contributed by atoms with van der Waals surface area (Å²) in [6, 6.07) is 28.4. The van der Waals surface area contributed by atoms with Crippen LogP contribution in [0.4, 0.5) is 0 Å². The van der Waals surface area contributed by atoms with Crippen LogP contribution >= 0.6 is 0 Å². The second kappa shape index (κ2) is 10.8. The van der Waals surface area contributed by atoms with Crippen LogP contribution < -0.4 is 4.74 Å². The van der Waals surface area contributed by atoms with Gasteiger partial charge in [-0.25, -0.2) is 0 Å². The highest BCUT2D eigenvalue weighted by Gasteiger charge is 2.45. The van der Waals surface area contributed by atoms with Gasteiger partial charge in [-0.05, 0) is 53.0 Å². The molecule has 0 saturated carbocycles. The number of ether oxygens (including phenoxy) is 1. The molecule has 1 unspecified atom stereocenters. The van der Waals surface area contributed by atoms with Crippen molar-refractivity contribution in [1.29, 1.82) is 0 Å². The van der Waals surface area contributed by atoms with E-state index in [-0.39, 0.29) is 23.3 Å². The quantitative estimate of drug-likeness (QED) is 0.263. The molecular formula is C32H35NO2. The number of likely N-dealkylation sites (tertiary alicyclic amines) is 1. The number of benzene rings is 3. The summed E-state index contributed by atoms with van der Waals surface area (Å²) in [6.07, 6.45) is 3.55. The Morgan fingerprint density at radius 2 is 1.74 bits per heavy atom. The molecule has 35 heavy (non-hydrogen) atoms. The third kappa shape index (κ3) is 5.24. The lowest BCUT2D eigenvalue weighted by Crippen LogP contribution is -2.56. The van der Waals surface area contributed by atoms with Crippen molar-refractivity contribution in [3.63, 3.8) is 0 Å². The predicted octanol–water partition coefficient (Wildman–Crippen LogP) is 7.05. The van der Waals surface area contributed by atoms with Gasteiger partial charge in [-0.3, -0.25) is 4.79 Å².